The number of carbonyl (C=O) groups is 1. The van der Waals surface area contributed by atoms with E-state index in [9.17, 15) is 9.90 Å². The normalized spacial score (nSPS) is 37.4. The van der Waals surface area contributed by atoms with Crippen molar-refractivity contribution in [3.63, 3.8) is 0 Å². The van der Waals surface area contributed by atoms with Gasteiger partial charge in [0.05, 0.1) is 0 Å². The second-order valence-electron chi connectivity index (χ2n) is 15.6. The molecule has 3 heteroatoms. The molecule has 0 saturated heterocycles. The van der Waals surface area contributed by atoms with Crippen LogP contribution < -0.4 is 10.4 Å². The Morgan fingerprint density at radius 2 is 1.77 bits per heavy atom. The van der Waals surface area contributed by atoms with E-state index >= 15 is 0 Å². The topological polar surface area (TPSA) is 52.2 Å². The summed E-state index contributed by atoms with van der Waals surface area (Å²) in [5, 5.41) is 13.5. The van der Waals surface area contributed by atoms with Crippen molar-refractivity contribution < 1.29 is 9.90 Å². The minimum atomic E-state index is -1.12. The SMILES string of the molecule is CCCCCC(CCNC(=O)[O-])C1CC[C@@]2(C)C(=CCC3C2CC[C@@]2(C)C3CC[C@@H]2[C@H](C)CCCC(C)C)C1. The first-order valence-electron chi connectivity index (χ1n) is 17.2. The van der Waals surface area contributed by atoms with Crippen LogP contribution >= 0.6 is 0 Å². The van der Waals surface area contributed by atoms with Gasteiger partial charge in [-0.25, -0.2) is 0 Å². The highest BCUT2D eigenvalue weighted by atomic mass is 16.4. The molecule has 0 aromatic rings. The van der Waals surface area contributed by atoms with Crippen LogP contribution in [0.3, 0.4) is 0 Å². The second kappa shape index (κ2) is 13.3. The van der Waals surface area contributed by atoms with Gasteiger partial charge in [-0.3, -0.25) is 0 Å². The third-order valence-corrected chi connectivity index (χ3v) is 13.0. The summed E-state index contributed by atoms with van der Waals surface area (Å²) in [6, 6.07) is 0. The van der Waals surface area contributed by atoms with E-state index in [0.717, 1.165) is 47.8 Å². The summed E-state index contributed by atoms with van der Waals surface area (Å²) in [5.41, 5.74) is 2.75. The molecule has 39 heavy (non-hydrogen) atoms. The van der Waals surface area contributed by atoms with Gasteiger partial charge in [-0.2, -0.15) is 0 Å². The average molecular weight is 541 g/mol. The van der Waals surface area contributed by atoms with Gasteiger partial charge in [0.1, 0.15) is 6.09 Å². The van der Waals surface area contributed by atoms with E-state index in [1.807, 2.05) is 0 Å². The lowest BCUT2D eigenvalue weighted by Crippen LogP contribution is -2.50. The maximum absolute atomic E-state index is 11.0. The molecule has 3 saturated carbocycles. The number of hydrogen-bond acceptors (Lipinski definition) is 2. The molecule has 5 unspecified atom stereocenters. The summed E-state index contributed by atoms with van der Waals surface area (Å²) >= 11 is 0. The summed E-state index contributed by atoms with van der Waals surface area (Å²) < 4.78 is 0. The lowest BCUT2D eigenvalue weighted by atomic mass is 9.46. The summed E-state index contributed by atoms with van der Waals surface area (Å²) in [7, 11) is 0. The second-order valence-corrected chi connectivity index (χ2v) is 15.6. The van der Waals surface area contributed by atoms with Gasteiger partial charge in [0, 0.05) is 6.54 Å². The van der Waals surface area contributed by atoms with Crippen LogP contribution in [-0.2, 0) is 0 Å². The van der Waals surface area contributed by atoms with Crippen molar-refractivity contribution >= 4 is 6.09 Å². The summed E-state index contributed by atoms with van der Waals surface area (Å²) in [6.45, 7) is 15.5. The third kappa shape index (κ3) is 6.74. The highest BCUT2D eigenvalue weighted by Gasteiger charge is 2.59. The van der Waals surface area contributed by atoms with Crippen molar-refractivity contribution in [3.05, 3.63) is 11.6 Å². The Morgan fingerprint density at radius 1 is 0.974 bits per heavy atom. The first-order chi connectivity index (χ1) is 18.6. The van der Waals surface area contributed by atoms with E-state index < -0.39 is 6.09 Å². The van der Waals surface area contributed by atoms with Crippen molar-refractivity contribution in [1.29, 1.82) is 0 Å². The van der Waals surface area contributed by atoms with Crippen molar-refractivity contribution in [2.45, 2.75) is 144 Å². The van der Waals surface area contributed by atoms with Crippen LogP contribution in [-0.4, -0.2) is 12.6 Å². The standard InChI is InChI=1S/C36H63NO2/c1-7-8-9-13-27(20-23-37-34(38)39)28-18-21-35(5)29(24-28)14-15-30-32-17-16-31(26(4)12-10-11-25(2)3)36(32,6)22-19-33(30)35/h14,25-28,30-33,37H,7-13,15-24H2,1-6H3,(H,38,39)/p-1/t26-,27?,28?,30?,31-,32?,33?,35+,36-/m1/s1. The Hall–Kier alpha value is -0.990. The number of allylic oxidation sites excluding steroid dienone is 2. The molecule has 0 aromatic heterocycles. The maximum Gasteiger partial charge on any atom is 0.134 e. The van der Waals surface area contributed by atoms with Crippen LogP contribution in [0.15, 0.2) is 11.6 Å². The Labute approximate surface area is 241 Å². The zero-order chi connectivity index (χ0) is 28.2. The number of unbranched alkanes of at least 4 members (excludes halogenated alkanes) is 2. The molecular formula is C36H62NO2-. The van der Waals surface area contributed by atoms with E-state index in [1.165, 1.54) is 96.3 Å². The van der Waals surface area contributed by atoms with Crippen LogP contribution in [0.4, 0.5) is 4.79 Å². The van der Waals surface area contributed by atoms with Crippen molar-refractivity contribution in [2.75, 3.05) is 6.54 Å². The van der Waals surface area contributed by atoms with Crippen LogP contribution in [0.1, 0.15) is 144 Å². The molecule has 0 heterocycles. The minimum Gasteiger partial charge on any atom is -0.530 e. The molecule has 9 atom stereocenters. The van der Waals surface area contributed by atoms with Crippen LogP contribution in [0, 0.1) is 58.2 Å². The van der Waals surface area contributed by atoms with Gasteiger partial charge in [-0.15, -0.1) is 0 Å². The highest BCUT2D eigenvalue weighted by Crippen LogP contribution is 2.67. The molecule has 3 nitrogen and oxygen atoms in total. The number of carboxylic acid groups (broad SMARTS) is 1. The lowest BCUT2D eigenvalue weighted by Gasteiger charge is -2.59. The number of carbonyl (C=O) groups excluding carboxylic acids is 1. The number of rotatable bonds is 13. The number of amides is 1. The summed E-state index contributed by atoms with van der Waals surface area (Å²) in [6.07, 6.45) is 23.0. The van der Waals surface area contributed by atoms with Gasteiger partial charge < -0.3 is 15.2 Å². The molecule has 4 aliphatic carbocycles. The molecule has 0 spiro atoms. The minimum absolute atomic E-state index is 0.402. The lowest BCUT2D eigenvalue weighted by molar-refractivity contribution is -0.250. The first kappa shape index (κ1) is 31.0. The van der Waals surface area contributed by atoms with Crippen LogP contribution in [0.5, 0.6) is 0 Å². The molecule has 4 rings (SSSR count). The fraction of sp³-hybridized carbons (Fsp3) is 0.917. The summed E-state index contributed by atoms with van der Waals surface area (Å²) in [4.78, 5) is 11.0. The number of fused-ring (bicyclic) bond motifs is 5. The number of hydrogen-bond donors (Lipinski definition) is 1. The predicted molar refractivity (Wildman–Crippen MR) is 162 cm³/mol. The van der Waals surface area contributed by atoms with E-state index in [4.69, 9.17) is 0 Å². The van der Waals surface area contributed by atoms with Crippen molar-refractivity contribution in [2.24, 2.45) is 58.2 Å². The molecule has 3 fully saturated rings. The molecular weight excluding hydrogens is 478 g/mol. The zero-order valence-corrected chi connectivity index (χ0v) is 26.5. The van der Waals surface area contributed by atoms with E-state index in [2.05, 4.69) is 52.9 Å². The van der Waals surface area contributed by atoms with Gasteiger partial charge in [0.2, 0.25) is 0 Å². The molecule has 1 amide bonds. The summed E-state index contributed by atoms with van der Waals surface area (Å²) in [5.74, 6) is 6.71. The predicted octanol–water partition coefficient (Wildman–Crippen LogP) is 9.16. The fourth-order valence-electron chi connectivity index (χ4n) is 10.7. The maximum atomic E-state index is 11.0. The van der Waals surface area contributed by atoms with E-state index in [0.29, 0.717) is 23.3 Å². The highest BCUT2D eigenvalue weighted by molar-refractivity contribution is 5.61. The van der Waals surface area contributed by atoms with Crippen molar-refractivity contribution in [3.8, 4) is 0 Å². The van der Waals surface area contributed by atoms with Crippen LogP contribution in [0.2, 0.25) is 0 Å². The van der Waals surface area contributed by atoms with Crippen molar-refractivity contribution in [1.82, 2.24) is 5.32 Å². The van der Waals surface area contributed by atoms with Crippen LogP contribution in [0.25, 0.3) is 0 Å². The average Bonchev–Trinajstić information content (AvgIpc) is 3.24. The zero-order valence-electron chi connectivity index (χ0n) is 26.5. The fourth-order valence-corrected chi connectivity index (χ4v) is 10.7. The molecule has 0 bridgehead atoms. The van der Waals surface area contributed by atoms with Gasteiger partial charge in [0.25, 0.3) is 0 Å². The van der Waals surface area contributed by atoms with E-state index in [-0.39, 0.29) is 0 Å². The van der Waals surface area contributed by atoms with E-state index in [1.54, 1.807) is 5.57 Å². The monoisotopic (exact) mass is 540 g/mol. The van der Waals surface area contributed by atoms with Gasteiger partial charge in [-0.1, -0.05) is 98.1 Å². The Balaban J connectivity index is 1.42. The largest absolute Gasteiger partial charge is 0.530 e. The Morgan fingerprint density at radius 3 is 2.49 bits per heavy atom. The quantitative estimate of drug-likeness (QED) is 0.187. The third-order valence-electron chi connectivity index (χ3n) is 13.0. The van der Waals surface area contributed by atoms with Gasteiger partial charge in [-0.05, 0) is 116 Å². The molecule has 224 valence electrons. The van der Waals surface area contributed by atoms with Gasteiger partial charge in [0.15, 0.2) is 0 Å². The Kier molecular flexibility index (Phi) is 10.6. The molecule has 0 aromatic carbocycles. The first-order valence-corrected chi connectivity index (χ1v) is 17.2. The molecule has 0 radical (unpaired) electrons. The van der Waals surface area contributed by atoms with Gasteiger partial charge >= 0.3 is 0 Å². The smallest absolute Gasteiger partial charge is 0.134 e. The molecule has 1 N–H and O–H groups in total. The Bertz CT molecular complexity index is 834. The number of nitrogens with one attached hydrogen (secondary N) is 1. The molecule has 0 aliphatic heterocycles. The molecule has 4 aliphatic rings.